The minimum absolute atomic E-state index is 0.0400. The predicted octanol–water partition coefficient (Wildman–Crippen LogP) is 3.17. The Labute approximate surface area is 124 Å². The van der Waals surface area contributed by atoms with Crippen molar-refractivity contribution < 1.29 is 28.1 Å². The molecule has 0 saturated carbocycles. The standard InChI is InChI=1S/C13H17BrF2O4/c1-18-10-4-3-8(13(19-2)12(10)14)9(17)5-6-20-7-11(15)16/h3-4,9,11,17H,5-7H2,1-2H3. The van der Waals surface area contributed by atoms with Crippen molar-refractivity contribution in [1.82, 2.24) is 0 Å². The van der Waals surface area contributed by atoms with Gasteiger partial charge in [0.15, 0.2) is 0 Å². The lowest BCUT2D eigenvalue weighted by atomic mass is 10.1. The van der Waals surface area contributed by atoms with Gasteiger partial charge in [0.25, 0.3) is 6.43 Å². The second-order valence-electron chi connectivity index (χ2n) is 3.97. The van der Waals surface area contributed by atoms with Gasteiger partial charge in [0.2, 0.25) is 0 Å². The largest absolute Gasteiger partial charge is 0.495 e. The van der Waals surface area contributed by atoms with Gasteiger partial charge >= 0.3 is 0 Å². The van der Waals surface area contributed by atoms with E-state index in [1.54, 1.807) is 12.1 Å². The molecule has 1 unspecified atom stereocenters. The second kappa shape index (κ2) is 8.39. The molecule has 0 heterocycles. The number of benzene rings is 1. The molecule has 0 aliphatic carbocycles. The fraction of sp³-hybridized carbons (Fsp3) is 0.538. The summed E-state index contributed by atoms with van der Waals surface area (Å²) < 4.78 is 39.5. The fourth-order valence-corrected chi connectivity index (χ4v) is 2.39. The van der Waals surface area contributed by atoms with E-state index in [0.717, 1.165) is 0 Å². The van der Waals surface area contributed by atoms with Crippen molar-refractivity contribution in [1.29, 1.82) is 0 Å². The Balaban J connectivity index is 2.72. The molecule has 1 rings (SSSR count). The summed E-state index contributed by atoms with van der Waals surface area (Å²) in [5, 5.41) is 10.1. The zero-order chi connectivity index (χ0) is 15.1. The monoisotopic (exact) mass is 354 g/mol. The molecular formula is C13H17BrF2O4. The van der Waals surface area contributed by atoms with E-state index in [2.05, 4.69) is 15.9 Å². The van der Waals surface area contributed by atoms with E-state index in [1.165, 1.54) is 14.2 Å². The van der Waals surface area contributed by atoms with Crippen LogP contribution in [0.3, 0.4) is 0 Å². The number of halogens is 3. The van der Waals surface area contributed by atoms with Crippen LogP contribution in [-0.2, 0) is 4.74 Å². The maximum absolute atomic E-state index is 11.9. The lowest BCUT2D eigenvalue weighted by Gasteiger charge is -2.17. The average molecular weight is 355 g/mol. The van der Waals surface area contributed by atoms with E-state index in [0.29, 0.717) is 21.5 Å². The van der Waals surface area contributed by atoms with Crippen LogP contribution >= 0.6 is 15.9 Å². The number of alkyl halides is 2. The number of aliphatic hydroxyl groups excluding tert-OH is 1. The van der Waals surface area contributed by atoms with Crippen molar-refractivity contribution in [2.45, 2.75) is 19.0 Å². The van der Waals surface area contributed by atoms with Gasteiger partial charge in [-0.1, -0.05) is 0 Å². The maximum Gasteiger partial charge on any atom is 0.261 e. The summed E-state index contributed by atoms with van der Waals surface area (Å²) in [6.07, 6.45) is -3.18. The summed E-state index contributed by atoms with van der Waals surface area (Å²) >= 11 is 3.33. The first-order valence-electron chi connectivity index (χ1n) is 5.95. The number of aliphatic hydroxyl groups is 1. The van der Waals surface area contributed by atoms with Gasteiger partial charge in [-0.2, -0.15) is 0 Å². The zero-order valence-corrected chi connectivity index (χ0v) is 12.8. The Hall–Kier alpha value is -0.920. The highest BCUT2D eigenvalue weighted by atomic mass is 79.9. The topological polar surface area (TPSA) is 47.9 Å². The fourth-order valence-electron chi connectivity index (χ4n) is 1.70. The van der Waals surface area contributed by atoms with Crippen LogP contribution in [-0.4, -0.2) is 39.0 Å². The molecule has 0 amide bonds. The van der Waals surface area contributed by atoms with E-state index in [-0.39, 0.29) is 13.0 Å². The first kappa shape index (κ1) is 17.1. The Kier molecular flexibility index (Phi) is 7.18. The van der Waals surface area contributed by atoms with Gasteiger partial charge in [0.1, 0.15) is 22.6 Å². The maximum atomic E-state index is 11.9. The minimum atomic E-state index is -2.50. The molecule has 0 bridgehead atoms. The molecule has 4 nitrogen and oxygen atoms in total. The highest BCUT2D eigenvalue weighted by Crippen LogP contribution is 2.40. The molecule has 114 valence electrons. The van der Waals surface area contributed by atoms with Crippen LogP contribution in [0.1, 0.15) is 18.1 Å². The van der Waals surface area contributed by atoms with Gasteiger partial charge in [-0.15, -0.1) is 0 Å². The highest BCUT2D eigenvalue weighted by molar-refractivity contribution is 9.10. The van der Waals surface area contributed by atoms with Crippen molar-refractivity contribution in [3.8, 4) is 11.5 Å². The number of methoxy groups -OCH3 is 2. The van der Waals surface area contributed by atoms with Gasteiger partial charge in [0.05, 0.1) is 20.3 Å². The van der Waals surface area contributed by atoms with Gasteiger partial charge in [-0.3, -0.25) is 0 Å². The van der Waals surface area contributed by atoms with Crippen molar-refractivity contribution in [3.05, 3.63) is 22.2 Å². The Morgan fingerprint density at radius 1 is 1.25 bits per heavy atom. The summed E-state index contributed by atoms with van der Waals surface area (Å²) in [6.45, 7) is -0.589. The lowest BCUT2D eigenvalue weighted by molar-refractivity contribution is 0.00459. The summed E-state index contributed by atoms with van der Waals surface area (Å²) in [5.41, 5.74) is 0.542. The van der Waals surface area contributed by atoms with E-state index in [4.69, 9.17) is 14.2 Å². The smallest absolute Gasteiger partial charge is 0.261 e. The molecule has 0 fully saturated rings. The third-order valence-electron chi connectivity index (χ3n) is 2.65. The quantitative estimate of drug-likeness (QED) is 0.728. The SMILES string of the molecule is COc1ccc(C(O)CCOCC(F)F)c(OC)c1Br. The summed E-state index contributed by atoms with van der Waals surface area (Å²) in [7, 11) is 3.00. The van der Waals surface area contributed by atoms with Crippen LogP contribution in [0.2, 0.25) is 0 Å². The predicted molar refractivity (Wildman–Crippen MR) is 73.6 cm³/mol. The van der Waals surface area contributed by atoms with Gasteiger partial charge in [-0.05, 0) is 28.1 Å². The highest BCUT2D eigenvalue weighted by Gasteiger charge is 2.18. The van der Waals surface area contributed by atoms with Crippen LogP contribution < -0.4 is 9.47 Å². The second-order valence-corrected chi connectivity index (χ2v) is 4.77. The molecule has 0 spiro atoms. The number of rotatable bonds is 8. The molecule has 20 heavy (non-hydrogen) atoms. The van der Waals surface area contributed by atoms with E-state index in [1.807, 2.05) is 0 Å². The summed E-state index contributed by atoms with van der Waals surface area (Å²) in [5.74, 6) is 1.03. The van der Waals surface area contributed by atoms with Crippen LogP contribution in [0.5, 0.6) is 11.5 Å². The first-order chi connectivity index (χ1) is 9.51. The molecule has 1 aromatic rings. The molecule has 1 N–H and O–H groups in total. The third-order valence-corrected chi connectivity index (χ3v) is 3.41. The first-order valence-corrected chi connectivity index (χ1v) is 6.74. The van der Waals surface area contributed by atoms with Gasteiger partial charge < -0.3 is 19.3 Å². The lowest BCUT2D eigenvalue weighted by Crippen LogP contribution is -2.09. The Bertz CT molecular complexity index is 429. The number of hydrogen-bond acceptors (Lipinski definition) is 4. The normalized spacial score (nSPS) is 12.6. The van der Waals surface area contributed by atoms with Crippen LogP contribution in [0.15, 0.2) is 16.6 Å². The summed E-state index contributed by atoms with van der Waals surface area (Å²) in [4.78, 5) is 0. The third kappa shape index (κ3) is 4.57. The molecule has 0 aliphatic rings. The molecule has 0 aromatic heterocycles. The van der Waals surface area contributed by atoms with Crippen LogP contribution in [0.25, 0.3) is 0 Å². The molecule has 7 heteroatoms. The van der Waals surface area contributed by atoms with Crippen molar-refractivity contribution in [2.24, 2.45) is 0 Å². The molecule has 1 aromatic carbocycles. The molecule has 0 radical (unpaired) electrons. The van der Waals surface area contributed by atoms with E-state index < -0.39 is 19.1 Å². The molecule has 1 atom stereocenters. The number of hydrogen-bond donors (Lipinski definition) is 1. The minimum Gasteiger partial charge on any atom is -0.495 e. The Morgan fingerprint density at radius 3 is 2.50 bits per heavy atom. The van der Waals surface area contributed by atoms with Crippen molar-refractivity contribution >= 4 is 15.9 Å². The van der Waals surface area contributed by atoms with Crippen LogP contribution in [0, 0.1) is 0 Å². The van der Waals surface area contributed by atoms with Crippen molar-refractivity contribution in [2.75, 3.05) is 27.4 Å². The molecule has 0 aliphatic heterocycles. The van der Waals surface area contributed by atoms with Crippen molar-refractivity contribution in [3.63, 3.8) is 0 Å². The van der Waals surface area contributed by atoms with E-state index >= 15 is 0 Å². The van der Waals surface area contributed by atoms with Gasteiger partial charge in [0, 0.05) is 18.6 Å². The van der Waals surface area contributed by atoms with E-state index in [9.17, 15) is 13.9 Å². The molecule has 0 saturated heterocycles. The van der Waals surface area contributed by atoms with Crippen LogP contribution in [0.4, 0.5) is 8.78 Å². The van der Waals surface area contributed by atoms with Gasteiger partial charge in [-0.25, -0.2) is 8.78 Å². The summed E-state index contributed by atoms with van der Waals surface area (Å²) in [6, 6.07) is 3.35. The average Bonchev–Trinajstić information content (AvgIpc) is 2.42. The number of ether oxygens (including phenoxy) is 3. The Morgan fingerprint density at radius 2 is 1.95 bits per heavy atom. The molecular weight excluding hydrogens is 338 g/mol. The zero-order valence-electron chi connectivity index (χ0n) is 11.2.